The molecule has 0 bridgehead atoms. The molecule has 126 valence electrons. The predicted molar refractivity (Wildman–Crippen MR) is 103 cm³/mol. The maximum atomic E-state index is 6.10. The van der Waals surface area contributed by atoms with Crippen LogP contribution in [0.4, 0.5) is 5.69 Å². The van der Waals surface area contributed by atoms with Gasteiger partial charge in [0.15, 0.2) is 0 Å². The molecule has 3 nitrogen and oxygen atoms in total. The molecule has 1 N–H and O–H groups in total. The third kappa shape index (κ3) is 3.44. The molecule has 4 heteroatoms. The van der Waals surface area contributed by atoms with Crippen LogP contribution in [-0.2, 0) is 6.54 Å². The number of hydrogen-bond acceptors (Lipinski definition) is 3. The van der Waals surface area contributed by atoms with Crippen LogP contribution in [0.5, 0.6) is 11.5 Å². The third-order valence-electron chi connectivity index (χ3n) is 4.17. The summed E-state index contributed by atoms with van der Waals surface area (Å²) in [5, 5.41) is 3.52. The van der Waals surface area contributed by atoms with Crippen LogP contribution in [0.15, 0.2) is 40.9 Å². The Bertz CT molecular complexity index is 779. The highest BCUT2D eigenvalue weighted by molar-refractivity contribution is 9.10. The highest BCUT2D eigenvalue weighted by Crippen LogP contribution is 2.42. The number of hydrogen-bond donors (Lipinski definition) is 1. The zero-order valence-electron chi connectivity index (χ0n) is 14.4. The zero-order chi connectivity index (χ0) is 17.3. The number of halogens is 1. The summed E-state index contributed by atoms with van der Waals surface area (Å²) in [4.78, 5) is 0. The first kappa shape index (κ1) is 16.9. The Morgan fingerprint density at radius 1 is 1.21 bits per heavy atom. The fourth-order valence-corrected chi connectivity index (χ4v) is 3.21. The van der Waals surface area contributed by atoms with Crippen molar-refractivity contribution in [2.24, 2.45) is 0 Å². The van der Waals surface area contributed by atoms with E-state index in [1.54, 1.807) is 7.11 Å². The molecular weight excluding hydrogens is 366 g/mol. The van der Waals surface area contributed by atoms with Crippen LogP contribution >= 0.6 is 15.9 Å². The van der Waals surface area contributed by atoms with Crippen molar-refractivity contribution >= 4 is 27.7 Å². The second kappa shape index (κ2) is 6.52. The van der Waals surface area contributed by atoms with E-state index in [1.807, 2.05) is 12.1 Å². The first-order valence-corrected chi connectivity index (χ1v) is 8.77. The van der Waals surface area contributed by atoms with E-state index in [2.05, 4.69) is 72.4 Å². The maximum absolute atomic E-state index is 6.10. The van der Waals surface area contributed by atoms with Gasteiger partial charge in [-0.05, 0) is 72.1 Å². The molecule has 24 heavy (non-hydrogen) atoms. The van der Waals surface area contributed by atoms with Crippen molar-refractivity contribution in [1.29, 1.82) is 0 Å². The molecule has 0 atom stereocenters. The molecule has 0 aliphatic carbocycles. The van der Waals surface area contributed by atoms with Gasteiger partial charge in [0.25, 0.3) is 0 Å². The minimum Gasteiger partial charge on any atom is -0.497 e. The van der Waals surface area contributed by atoms with Gasteiger partial charge in [0, 0.05) is 17.8 Å². The summed E-state index contributed by atoms with van der Waals surface area (Å²) >= 11 is 3.70. The van der Waals surface area contributed by atoms with Gasteiger partial charge in [-0.25, -0.2) is 0 Å². The first-order chi connectivity index (χ1) is 11.4. The van der Waals surface area contributed by atoms with E-state index >= 15 is 0 Å². The number of fused-ring (bicyclic) bond motifs is 1. The van der Waals surface area contributed by atoms with Crippen LogP contribution < -0.4 is 14.8 Å². The number of benzene rings is 2. The average Bonchev–Trinajstić information content (AvgIpc) is 2.57. The van der Waals surface area contributed by atoms with Gasteiger partial charge >= 0.3 is 0 Å². The molecule has 0 saturated carbocycles. The van der Waals surface area contributed by atoms with Gasteiger partial charge in [-0.1, -0.05) is 18.2 Å². The smallest absolute Gasteiger partial charge is 0.142 e. The highest BCUT2D eigenvalue weighted by Gasteiger charge is 2.25. The molecular formula is C20H22BrNO2. The molecule has 0 unspecified atom stereocenters. The molecule has 0 aromatic heterocycles. The standard InChI is InChI=1S/C20H22BrNO2/c1-13-17(22-12-14-5-7-16(23-4)8-6-14)11-15-9-10-20(2,3)24-19(15)18(13)21/h5-11,22H,12H2,1-4H3. The largest absolute Gasteiger partial charge is 0.497 e. The van der Waals surface area contributed by atoms with E-state index in [0.717, 1.165) is 39.3 Å². The van der Waals surface area contributed by atoms with E-state index in [4.69, 9.17) is 9.47 Å². The van der Waals surface area contributed by atoms with E-state index in [1.165, 1.54) is 5.56 Å². The van der Waals surface area contributed by atoms with Gasteiger partial charge < -0.3 is 14.8 Å². The summed E-state index contributed by atoms with van der Waals surface area (Å²) in [7, 11) is 1.68. The molecule has 0 amide bonds. The van der Waals surface area contributed by atoms with Crippen molar-refractivity contribution in [3.05, 3.63) is 57.6 Å². The number of anilines is 1. The number of nitrogens with one attached hydrogen (secondary N) is 1. The molecule has 2 aromatic carbocycles. The zero-order valence-corrected chi connectivity index (χ0v) is 16.0. The minimum absolute atomic E-state index is 0.278. The summed E-state index contributed by atoms with van der Waals surface area (Å²) in [6.07, 6.45) is 4.21. The van der Waals surface area contributed by atoms with Crippen LogP contribution in [0.3, 0.4) is 0 Å². The van der Waals surface area contributed by atoms with E-state index in [-0.39, 0.29) is 5.60 Å². The topological polar surface area (TPSA) is 30.5 Å². The van der Waals surface area contributed by atoms with Gasteiger partial charge in [0.05, 0.1) is 11.6 Å². The lowest BCUT2D eigenvalue weighted by Crippen LogP contribution is -2.27. The van der Waals surface area contributed by atoms with Crippen molar-refractivity contribution in [3.63, 3.8) is 0 Å². The molecule has 0 saturated heterocycles. The quantitative estimate of drug-likeness (QED) is 0.744. The molecule has 1 heterocycles. The second-order valence-electron chi connectivity index (χ2n) is 6.52. The SMILES string of the molecule is COc1ccc(CNc2cc3c(c(Br)c2C)OC(C)(C)C=C3)cc1. The third-order valence-corrected chi connectivity index (χ3v) is 5.12. The van der Waals surface area contributed by atoms with Crippen molar-refractivity contribution in [2.45, 2.75) is 32.9 Å². The Balaban J connectivity index is 1.82. The molecule has 0 radical (unpaired) electrons. The van der Waals surface area contributed by atoms with Crippen LogP contribution in [0, 0.1) is 6.92 Å². The Labute approximate surface area is 151 Å². The number of rotatable bonds is 4. The molecule has 0 spiro atoms. The Morgan fingerprint density at radius 2 is 1.92 bits per heavy atom. The molecule has 1 aliphatic heterocycles. The fourth-order valence-electron chi connectivity index (χ4n) is 2.68. The minimum atomic E-state index is -0.278. The van der Waals surface area contributed by atoms with Crippen molar-refractivity contribution in [1.82, 2.24) is 0 Å². The van der Waals surface area contributed by atoms with Gasteiger partial charge in [-0.3, -0.25) is 0 Å². The summed E-state index contributed by atoms with van der Waals surface area (Å²) < 4.78 is 12.3. The second-order valence-corrected chi connectivity index (χ2v) is 7.31. The van der Waals surface area contributed by atoms with Crippen LogP contribution in [-0.4, -0.2) is 12.7 Å². The monoisotopic (exact) mass is 387 g/mol. The highest BCUT2D eigenvalue weighted by atomic mass is 79.9. The van der Waals surface area contributed by atoms with Crippen LogP contribution in [0.1, 0.15) is 30.5 Å². The summed E-state index contributed by atoms with van der Waals surface area (Å²) in [5.74, 6) is 1.78. The lowest BCUT2D eigenvalue weighted by molar-refractivity contribution is 0.157. The first-order valence-electron chi connectivity index (χ1n) is 7.98. The summed E-state index contributed by atoms with van der Waals surface area (Å²) in [6.45, 7) is 6.97. The van der Waals surface area contributed by atoms with Crippen LogP contribution in [0.25, 0.3) is 6.08 Å². The number of ether oxygens (including phenoxy) is 2. The van der Waals surface area contributed by atoms with Crippen molar-refractivity contribution in [3.8, 4) is 11.5 Å². The fraction of sp³-hybridized carbons (Fsp3) is 0.300. The summed E-state index contributed by atoms with van der Waals surface area (Å²) in [5.41, 5.74) is 4.26. The lowest BCUT2D eigenvalue weighted by Gasteiger charge is -2.30. The van der Waals surface area contributed by atoms with Crippen LogP contribution in [0.2, 0.25) is 0 Å². The predicted octanol–water partition coefficient (Wildman–Crippen LogP) is 5.56. The molecule has 2 aromatic rings. The van der Waals surface area contributed by atoms with Crippen molar-refractivity contribution < 1.29 is 9.47 Å². The van der Waals surface area contributed by atoms with E-state index < -0.39 is 0 Å². The van der Waals surface area contributed by atoms with Crippen molar-refractivity contribution in [2.75, 3.05) is 12.4 Å². The normalized spacial score (nSPS) is 14.7. The van der Waals surface area contributed by atoms with E-state index in [9.17, 15) is 0 Å². The number of methoxy groups -OCH3 is 1. The Morgan fingerprint density at radius 3 is 2.58 bits per heavy atom. The Hall–Kier alpha value is -1.94. The maximum Gasteiger partial charge on any atom is 0.142 e. The summed E-state index contributed by atoms with van der Waals surface area (Å²) in [6, 6.07) is 10.2. The van der Waals surface area contributed by atoms with Gasteiger partial charge in [-0.2, -0.15) is 0 Å². The van der Waals surface area contributed by atoms with E-state index in [0.29, 0.717) is 0 Å². The van der Waals surface area contributed by atoms with Gasteiger partial charge in [0.1, 0.15) is 17.1 Å². The lowest BCUT2D eigenvalue weighted by atomic mass is 10.00. The van der Waals surface area contributed by atoms with Gasteiger partial charge in [0.2, 0.25) is 0 Å². The van der Waals surface area contributed by atoms with Gasteiger partial charge in [-0.15, -0.1) is 0 Å². The molecule has 1 aliphatic rings. The molecule has 3 rings (SSSR count). The Kier molecular flexibility index (Phi) is 4.59. The average molecular weight is 388 g/mol. The molecule has 0 fully saturated rings.